The molecule has 4 rings (SSSR count). The smallest absolute Gasteiger partial charge is 0.265 e. The average Bonchev–Trinajstić information content (AvgIpc) is 3.24. The second-order valence-electron chi connectivity index (χ2n) is 7.31. The van der Waals surface area contributed by atoms with Crippen molar-refractivity contribution in [2.75, 3.05) is 43.5 Å². The zero-order chi connectivity index (χ0) is 21.6. The molecule has 2 heterocycles. The predicted octanol–water partition coefficient (Wildman–Crippen LogP) is 4.36. The van der Waals surface area contributed by atoms with E-state index in [9.17, 15) is 9.59 Å². The third-order valence-corrected chi connectivity index (χ3v) is 6.24. The fourth-order valence-corrected chi connectivity index (χ4v) is 4.33. The number of rotatable bonds is 5. The van der Waals surface area contributed by atoms with Gasteiger partial charge < -0.3 is 19.9 Å². The van der Waals surface area contributed by atoms with Gasteiger partial charge in [0.05, 0.1) is 23.2 Å². The molecule has 0 radical (unpaired) electrons. The molecule has 1 aliphatic heterocycles. The molecule has 2 aromatic carbocycles. The summed E-state index contributed by atoms with van der Waals surface area (Å²) in [5.41, 5.74) is 2.19. The Morgan fingerprint density at radius 1 is 0.935 bits per heavy atom. The minimum atomic E-state index is -0.197. The summed E-state index contributed by atoms with van der Waals surface area (Å²) in [6, 6.07) is 18.8. The molecule has 1 N–H and O–H groups in total. The maximum atomic E-state index is 13.3. The van der Waals surface area contributed by atoms with Gasteiger partial charge in [-0.1, -0.05) is 18.2 Å². The van der Waals surface area contributed by atoms with E-state index in [4.69, 9.17) is 4.74 Å². The Balaban J connectivity index is 1.45. The summed E-state index contributed by atoms with van der Waals surface area (Å²) in [6.45, 7) is 2.94. The van der Waals surface area contributed by atoms with E-state index in [0.29, 0.717) is 29.2 Å². The van der Waals surface area contributed by atoms with Crippen molar-refractivity contribution in [1.29, 1.82) is 0 Å². The summed E-state index contributed by atoms with van der Waals surface area (Å²) in [7, 11) is 1.66. The highest BCUT2D eigenvalue weighted by molar-refractivity contribution is 7.12. The Labute approximate surface area is 186 Å². The number of methoxy groups -OCH3 is 1. The molecule has 0 atom stereocenters. The van der Waals surface area contributed by atoms with Gasteiger partial charge in [0.15, 0.2) is 0 Å². The van der Waals surface area contributed by atoms with Gasteiger partial charge in [-0.3, -0.25) is 9.59 Å². The average molecular weight is 436 g/mol. The third-order valence-electron chi connectivity index (χ3n) is 5.37. The lowest BCUT2D eigenvalue weighted by Gasteiger charge is -2.24. The van der Waals surface area contributed by atoms with Gasteiger partial charge >= 0.3 is 0 Å². The Morgan fingerprint density at radius 2 is 1.74 bits per heavy atom. The molecule has 2 amide bonds. The maximum Gasteiger partial charge on any atom is 0.265 e. The normalized spacial score (nSPS) is 14.1. The molecule has 0 saturated carbocycles. The molecule has 1 aromatic heterocycles. The Kier molecular flexibility index (Phi) is 6.52. The fourth-order valence-electron chi connectivity index (χ4n) is 3.71. The SMILES string of the molecule is COc1ccc(N2CCCN(C(=O)c3ccccc3NC(=O)c3cccs3)CC2)cc1. The van der Waals surface area contributed by atoms with Crippen LogP contribution in [0.5, 0.6) is 5.75 Å². The monoisotopic (exact) mass is 435 g/mol. The number of para-hydroxylation sites is 1. The van der Waals surface area contributed by atoms with Gasteiger partial charge in [0.2, 0.25) is 0 Å². The number of nitrogens with one attached hydrogen (secondary N) is 1. The van der Waals surface area contributed by atoms with Crippen LogP contribution in [0.25, 0.3) is 0 Å². The van der Waals surface area contributed by atoms with Gasteiger partial charge in [0.1, 0.15) is 5.75 Å². The minimum absolute atomic E-state index is 0.0568. The third kappa shape index (κ3) is 4.88. The van der Waals surface area contributed by atoms with E-state index in [2.05, 4.69) is 10.2 Å². The maximum absolute atomic E-state index is 13.3. The van der Waals surface area contributed by atoms with Gasteiger partial charge in [-0.2, -0.15) is 0 Å². The lowest BCUT2D eigenvalue weighted by atomic mass is 10.1. The number of benzene rings is 2. The van der Waals surface area contributed by atoms with Crippen LogP contribution in [-0.2, 0) is 0 Å². The van der Waals surface area contributed by atoms with Crippen molar-refractivity contribution in [3.05, 3.63) is 76.5 Å². The number of carbonyl (C=O) groups excluding carboxylic acids is 2. The first kappa shape index (κ1) is 20.9. The van der Waals surface area contributed by atoms with Gasteiger partial charge in [-0.25, -0.2) is 0 Å². The Hall–Kier alpha value is -3.32. The lowest BCUT2D eigenvalue weighted by Crippen LogP contribution is -2.35. The van der Waals surface area contributed by atoms with E-state index in [0.717, 1.165) is 30.9 Å². The number of hydrogen-bond donors (Lipinski definition) is 1. The van der Waals surface area contributed by atoms with Crippen molar-refractivity contribution in [2.24, 2.45) is 0 Å². The molecule has 7 heteroatoms. The van der Waals surface area contributed by atoms with Crippen molar-refractivity contribution in [2.45, 2.75) is 6.42 Å². The van der Waals surface area contributed by atoms with Crippen molar-refractivity contribution < 1.29 is 14.3 Å². The summed E-state index contributed by atoms with van der Waals surface area (Å²) < 4.78 is 5.24. The van der Waals surface area contributed by atoms with Crippen LogP contribution in [0.3, 0.4) is 0 Å². The van der Waals surface area contributed by atoms with E-state index in [1.807, 2.05) is 52.7 Å². The van der Waals surface area contributed by atoms with E-state index in [1.54, 1.807) is 25.3 Å². The van der Waals surface area contributed by atoms with Gasteiger partial charge in [0, 0.05) is 31.9 Å². The van der Waals surface area contributed by atoms with E-state index in [-0.39, 0.29) is 11.8 Å². The van der Waals surface area contributed by atoms with Crippen LogP contribution < -0.4 is 15.0 Å². The summed E-state index contributed by atoms with van der Waals surface area (Å²) in [4.78, 5) is 30.6. The highest BCUT2D eigenvalue weighted by atomic mass is 32.1. The van der Waals surface area contributed by atoms with Crippen molar-refractivity contribution in [3.63, 3.8) is 0 Å². The van der Waals surface area contributed by atoms with Crippen molar-refractivity contribution in [3.8, 4) is 5.75 Å². The van der Waals surface area contributed by atoms with Crippen molar-refractivity contribution in [1.82, 2.24) is 4.90 Å². The van der Waals surface area contributed by atoms with Gasteiger partial charge in [0.25, 0.3) is 11.8 Å². The fraction of sp³-hybridized carbons (Fsp3) is 0.250. The zero-order valence-corrected chi connectivity index (χ0v) is 18.2. The number of ether oxygens (including phenoxy) is 1. The van der Waals surface area contributed by atoms with Crippen LogP contribution >= 0.6 is 11.3 Å². The van der Waals surface area contributed by atoms with Crippen LogP contribution in [0.4, 0.5) is 11.4 Å². The van der Waals surface area contributed by atoms with Crippen molar-refractivity contribution >= 4 is 34.5 Å². The number of amides is 2. The van der Waals surface area contributed by atoms with Crippen LogP contribution in [0.1, 0.15) is 26.5 Å². The molecule has 0 unspecified atom stereocenters. The number of hydrogen-bond acceptors (Lipinski definition) is 5. The van der Waals surface area contributed by atoms with Crippen LogP contribution in [-0.4, -0.2) is 50.0 Å². The van der Waals surface area contributed by atoms with Crippen LogP contribution in [0.2, 0.25) is 0 Å². The van der Waals surface area contributed by atoms with Gasteiger partial charge in [-0.15, -0.1) is 11.3 Å². The zero-order valence-electron chi connectivity index (χ0n) is 17.4. The molecule has 6 nitrogen and oxygen atoms in total. The topological polar surface area (TPSA) is 61.9 Å². The first-order valence-electron chi connectivity index (χ1n) is 10.3. The number of nitrogens with zero attached hydrogens (tertiary/aromatic N) is 2. The summed E-state index contributed by atoms with van der Waals surface area (Å²) in [5, 5.41) is 4.75. The Morgan fingerprint density at radius 3 is 2.48 bits per heavy atom. The van der Waals surface area contributed by atoms with Crippen LogP contribution in [0.15, 0.2) is 66.0 Å². The molecule has 1 saturated heterocycles. The molecule has 0 spiro atoms. The molecule has 3 aromatic rings. The molecular weight excluding hydrogens is 410 g/mol. The summed E-state index contributed by atoms with van der Waals surface area (Å²) in [6.07, 6.45) is 0.876. The number of thiophene rings is 1. The summed E-state index contributed by atoms with van der Waals surface area (Å²) >= 11 is 1.37. The van der Waals surface area contributed by atoms with E-state index < -0.39 is 0 Å². The number of carbonyl (C=O) groups is 2. The number of anilines is 2. The van der Waals surface area contributed by atoms with Crippen LogP contribution in [0, 0.1) is 0 Å². The lowest BCUT2D eigenvalue weighted by molar-refractivity contribution is 0.0768. The molecule has 0 aliphatic carbocycles. The largest absolute Gasteiger partial charge is 0.497 e. The predicted molar refractivity (Wildman–Crippen MR) is 124 cm³/mol. The molecule has 160 valence electrons. The molecule has 1 fully saturated rings. The van der Waals surface area contributed by atoms with Gasteiger partial charge in [-0.05, 0) is 54.3 Å². The quantitative estimate of drug-likeness (QED) is 0.647. The highest BCUT2D eigenvalue weighted by Crippen LogP contribution is 2.23. The molecule has 0 bridgehead atoms. The second-order valence-corrected chi connectivity index (χ2v) is 8.26. The molecule has 31 heavy (non-hydrogen) atoms. The minimum Gasteiger partial charge on any atom is -0.497 e. The summed E-state index contributed by atoms with van der Waals surface area (Å²) in [5.74, 6) is 0.576. The second kappa shape index (κ2) is 9.66. The molecular formula is C24H25N3O3S. The first-order chi connectivity index (χ1) is 15.2. The first-order valence-corrected chi connectivity index (χ1v) is 11.2. The van der Waals surface area contributed by atoms with E-state index in [1.165, 1.54) is 11.3 Å². The highest BCUT2D eigenvalue weighted by Gasteiger charge is 2.23. The molecule has 1 aliphatic rings. The Bertz CT molecular complexity index is 1030. The van der Waals surface area contributed by atoms with E-state index >= 15 is 0 Å². The standard InChI is InChI=1S/C24H25N3O3S/c1-30-19-11-9-18(10-12-19)26-13-5-14-27(16-15-26)24(29)20-6-2-3-7-21(20)25-23(28)22-8-4-17-31-22/h2-4,6-12,17H,5,13-16H2,1H3,(H,25,28).